The van der Waals surface area contributed by atoms with E-state index in [-0.39, 0.29) is 12.1 Å². The Hall–Kier alpha value is -2.70. The highest BCUT2D eigenvalue weighted by molar-refractivity contribution is 5.75. The van der Waals surface area contributed by atoms with Gasteiger partial charge in [-0.15, -0.1) is 0 Å². The van der Waals surface area contributed by atoms with E-state index in [4.69, 9.17) is 9.47 Å². The Bertz CT molecular complexity index is 687. The summed E-state index contributed by atoms with van der Waals surface area (Å²) < 4.78 is 10.7. The predicted molar refractivity (Wildman–Crippen MR) is 89.1 cm³/mol. The van der Waals surface area contributed by atoms with Crippen molar-refractivity contribution >= 4 is 6.03 Å². The first-order valence-electron chi connectivity index (χ1n) is 7.97. The highest BCUT2D eigenvalue weighted by Crippen LogP contribution is 2.38. The van der Waals surface area contributed by atoms with Gasteiger partial charge in [0, 0.05) is 24.4 Å². The van der Waals surface area contributed by atoms with Crippen LogP contribution in [0, 0.1) is 0 Å². The molecule has 1 aliphatic heterocycles. The number of aromatic amines is 1. The molecule has 0 saturated carbocycles. The lowest BCUT2D eigenvalue weighted by atomic mass is 10.0. The maximum atomic E-state index is 12.6. The molecule has 0 unspecified atom stereocenters. The zero-order valence-electron chi connectivity index (χ0n) is 13.9. The number of hydrogen-bond donors (Lipinski definition) is 2. The quantitative estimate of drug-likeness (QED) is 0.883. The Labute approximate surface area is 140 Å². The van der Waals surface area contributed by atoms with E-state index in [1.807, 2.05) is 29.2 Å². The van der Waals surface area contributed by atoms with Gasteiger partial charge in [-0.25, -0.2) is 4.79 Å². The van der Waals surface area contributed by atoms with Gasteiger partial charge in [-0.2, -0.15) is 5.10 Å². The summed E-state index contributed by atoms with van der Waals surface area (Å²) in [5, 5.41) is 9.66. The van der Waals surface area contributed by atoms with E-state index in [1.165, 1.54) is 0 Å². The maximum Gasteiger partial charge on any atom is 0.318 e. The van der Waals surface area contributed by atoms with Crippen molar-refractivity contribution in [1.82, 2.24) is 20.4 Å². The van der Waals surface area contributed by atoms with Crippen molar-refractivity contribution in [2.24, 2.45) is 0 Å². The lowest BCUT2D eigenvalue weighted by Crippen LogP contribution is -2.39. The van der Waals surface area contributed by atoms with E-state index in [2.05, 4.69) is 15.5 Å². The number of nitrogens with one attached hydrogen (secondary N) is 2. The van der Waals surface area contributed by atoms with Gasteiger partial charge in [0.05, 0.1) is 32.5 Å². The Balaban J connectivity index is 1.74. The molecule has 1 saturated heterocycles. The van der Waals surface area contributed by atoms with Crippen LogP contribution >= 0.6 is 0 Å². The number of carbonyl (C=O) groups is 1. The fourth-order valence-corrected chi connectivity index (χ4v) is 3.08. The summed E-state index contributed by atoms with van der Waals surface area (Å²) in [6, 6.07) is 7.50. The smallest absolute Gasteiger partial charge is 0.318 e. The lowest BCUT2D eigenvalue weighted by Gasteiger charge is -2.26. The number of rotatable bonds is 5. The van der Waals surface area contributed by atoms with Crippen LogP contribution in [-0.4, -0.2) is 41.9 Å². The first-order chi connectivity index (χ1) is 11.7. The number of nitrogens with zero attached hydrogens (tertiary/aromatic N) is 2. The fourth-order valence-electron chi connectivity index (χ4n) is 3.08. The van der Waals surface area contributed by atoms with E-state index < -0.39 is 0 Å². The van der Waals surface area contributed by atoms with Gasteiger partial charge in [-0.1, -0.05) is 0 Å². The Morgan fingerprint density at radius 3 is 2.96 bits per heavy atom. The second-order valence-electron chi connectivity index (χ2n) is 5.70. The molecule has 24 heavy (non-hydrogen) atoms. The Morgan fingerprint density at radius 2 is 2.25 bits per heavy atom. The molecule has 0 radical (unpaired) electrons. The molecule has 0 bridgehead atoms. The van der Waals surface area contributed by atoms with Gasteiger partial charge in [-0.05, 0) is 31.0 Å². The molecule has 1 atom stereocenters. The molecule has 1 aromatic carbocycles. The molecular formula is C17H22N4O3. The standard InChI is InChI=1S/C17H22N4O3/c1-23-13-5-6-14(16(10-13)24-2)15-4-3-9-21(15)17(22)18-11-12-7-8-19-20-12/h5-8,10,15H,3-4,9,11H2,1-2H3,(H,18,22)(H,19,20)/t15-/m1/s1. The Kier molecular flexibility index (Phi) is 4.88. The lowest BCUT2D eigenvalue weighted by molar-refractivity contribution is 0.191. The van der Waals surface area contributed by atoms with Gasteiger partial charge < -0.3 is 19.7 Å². The largest absolute Gasteiger partial charge is 0.497 e. The van der Waals surface area contributed by atoms with Crippen LogP contribution in [0.5, 0.6) is 11.5 Å². The molecule has 2 heterocycles. The van der Waals surface area contributed by atoms with Crippen LogP contribution in [0.15, 0.2) is 30.5 Å². The molecule has 2 N–H and O–H groups in total. The van der Waals surface area contributed by atoms with Gasteiger partial charge in [0.2, 0.25) is 0 Å². The van der Waals surface area contributed by atoms with E-state index in [9.17, 15) is 4.79 Å². The van der Waals surface area contributed by atoms with Crippen LogP contribution in [0.2, 0.25) is 0 Å². The van der Waals surface area contributed by atoms with Crippen LogP contribution in [0.25, 0.3) is 0 Å². The minimum Gasteiger partial charge on any atom is -0.497 e. The van der Waals surface area contributed by atoms with Crippen LogP contribution in [-0.2, 0) is 6.54 Å². The number of hydrogen-bond acceptors (Lipinski definition) is 4. The molecule has 2 amide bonds. The first kappa shape index (κ1) is 16.2. The zero-order chi connectivity index (χ0) is 16.9. The number of carbonyl (C=O) groups excluding carboxylic acids is 1. The van der Waals surface area contributed by atoms with Gasteiger partial charge in [0.15, 0.2) is 0 Å². The number of methoxy groups -OCH3 is 2. The minimum atomic E-state index is -0.0787. The van der Waals surface area contributed by atoms with Gasteiger partial charge in [-0.3, -0.25) is 5.10 Å². The summed E-state index contributed by atoms with van der Waals surface area (Å²) in [6.45, 7) is 1.16. The molecule has 128 valence electrons. The second kappa shape index (κ2) is 7.25. The molecule has 2 aromatic rings. The van der Waals surface area contributed by atoms with Crippen LogP contribution in [0.1, 0.15) is 30.1 Å². The summed E-state index contributed by atoms with van der Waals surface area (Å²) in [6.07, 6.45) is 3.56. The highest BCUT2D eigenvalue weighted by atomic mass is 16.5. The van der Waals surface area contributed by atoms with Gasteiger partial charge in [0.25, 0.3) is 0 Å². The Morgan fingerprint density at radius 1 is 1.38 bits per heavy atom. The monoisotopic (exact) mass is 330 g/mol. The van der Waals surface area contributed by atoms with Crippen molar-refractivity contribution in [3.8, 4) is 11.5 Å². The van der Waals surface area contributed by atoms with Crippen molar-refractivity contribution in [3.05, 3.63) is 41.7 Å². The number of likely N-dealkylation sites (tertiary alicyclic amines) is 1. The van der Waals surface area contributed by atoms with Gasteiger partial charge in [0.1, 0.15) is 11.5 Å². The van der Waals surface area contributed by atoms with Crippen molar-refractivity contribution in [3.63, 3.8) is 0 Å². The predicted octanol–water partition coefficient (Wildman–Crippen LogP) is 2.47. The van der Waals surface area contributed by atoms with Crippen molar-refractivity contribution in [2.75, 3.05) is 20.8 Å². The first-order valence-corrected chi connectivity index (χ1v) is 7.97. The SMILES string of the molecule is COc1ccc([C@H]2CCCN2C(=O)NCc2ccn[nH]2)c(OC)c1. The highest BCUT2D eigenvalue weighted by Gasteiger charge is 2.31. The molecule has 0 spiro atoms. The summed E-state index contributed by atoms with van der Waals surface area (Å²) in [5.74, 6) is 1.48. The summed E-state index contributed by atoms with van der Waals surface area (Å²) in [5.41, 5.74) is 1.88. The van der Waals surface area contributed by atoms with E-state index in [0.717, 1.165) is 42.1 Å². The van der Waals surface area contributed by atoms with E-state index in [1.54, 1.807) is 20.4 Å². The third-order valence-corrected chi connectivity index (χ3v) is 4.30. The number of benzene rings is 1. The normalized spacial score (nSPS) is 16.9. The van der Waals surface area contributed by atoms with Crippen LogP contribution < -0.4 is 14.8 Å². The summed E-state index contributed by atoms with van der Waals surface area (Å²) in [7, 11) is 3.26. The topological polar surface area (TPSA) is 79.5 Å². The molecule has 0 aliphatic carbocycles. The molecule has 7 nitrogen and oxygen atoms in total. The maximum absolute atomic E-state index is 12.6. The number of urea groups is 1. The molecule has 1 aromatic heterocycles. The number of ether oxygens (including phenoxy) is 2. The number of H-pyrrole nitrogens is 1. The summed E-state index contributed by atoms with van der Waals surface area (Å²) >= 11 is 0. The molecule has 1 fully saturated rings. The average molecular weight is 330 g/mol. The summed E-state index contributed by atoms with van der Waals surface area (Å²) in [4.78, 5) is 14.4. The van der Waals surface area contributed by atoms with Crippen molar-refractivity contribution < 1.29 is 14.3 Å². The fraction of sp³-hybridized carbons (Fsp3) is 0.412. The molecule has 7 heteroatoms. The van der Waals surface area contributed by atoms with Gasteiger partial charge >= 0.3 is 6.03 Å². The van der Waals surface area contributed by atoms with Crippen molar-refractivity contribution in [2.45, 2.75) is 25.4 Å². The number of amides is 2. The molecular weight excluding hydrogens is 308 g/mol. The molecule has 1 aliphatic rings. The molecule has 3 rings (SSSR count). The third-order valence-electron chi connectivity index (χ3n) is 4.30. The second-order valence-corrected chi connectivity index (χ2v) is 5.70. The zero-order valence-corrected chi connectivity index (χ0v) is 13.9. The van der Waals surface area contributed by atoms with E-state index in [0.29, 0.717) is 6.54 Å². The van der Waals surface area contributed by atoms with Crippen LogP contribution in [0.3, 0.4) is 0 Å². The van der Waals surface area contributed by atoms with Crippen LogP contribution in [0.4, 0.5) is 4.79 Å². The third kappa shape index (κ3) is 3.29. The number of aromatic nitrogens is 2. The average Bonchev–Trinajstić information content (AvgIpc) is 3.30. The minimum absolute atomic E-state index is 0.00706. The van der Waals surface area contributed by atoms with E-state index >= 15 is 0 Å². The van der Waals surface area contributed by atoms with Crippen molar-refractivity contribution in [1.29, 1.82) is 0 Å².